The van der Waals surface area contributed by atoms with Crippen molar-refractivity contribution in [2.24, 2.45) is 5.73 Å². The summed E-state index contributed by atoms with van der Waals surface area (Å²) in [6, 6.07) is 0. The summed E-state index contributed by atoms with van der Waals surface area (Å²) >= 11 is 1.24. The molecule has 0 heterocycles. The lowest BCUT2D eigenvalue weighted by molar-refractivity contribution is -0.106. The number of thioether (sulfide) groups is 1. The van der Waals surface area contributed by atoms with Gasteiger partial charge in [0.2, 0.25) is 0 Å². The lowest BCUT2D eigenvalue weighted by Crippen LogP contribution is -2.01. The van der Waals surface area contributed by atoms with E-state index in [9.17, 15) is 0 Å². The molecule has 0 unspecified atom stereocenters. The molecule has 0 rings (SSSR count). The van der Waals surface area contributed by atoms with Crippen molar-refractivity contribution in [1.29, 1.82) is 5.41 Å². The minimum atomic E-state index is 0.145. The zero-order chi connectivity index (χ0) is 9.28. The molecule has 0 aromatic heterocycles. The maximum absolute atomic E-state index is 8.81. The molecule has 0 bridgehead atoms. The van der Waals surface area contributed by atoms with E-state index in [0.29, 0.717) is 0 Å². The predicted molar refractivity (Wildman–Crippen MR) is 50.7 cm³/mol. The highest BCUT2D eigenvalue weighted by molar-refractivity contribution is 8.16. The average molecular weight is 174 g/mol. The van der Waals surface area contributed by atoms with Gasteiger partial charge in [-0.15, -0.1) is 0 Å². The number of rotatable bonds is 1. The second-order valence-electron chi connectivity index (χ2n) is 1.91. The molecular weight excluding hydrogens is 160 g/mol. The number of hydrogen-bond acceptors (Lipinski definition) is 3. The molecule has 0 radical (unpaired) electrons. The first-order valence-corrected chi connectivity index (χ1v) is 3.96. The normalized spacial score (nSPS) is 7.18. The molecule has 3 nitrogen and oxygen atoms in total. The molecule has 11 heavy (non-hydrogen) atoms. The molecule has 0 aliphatic rings. The third-order valence-corrected chi connectivity index (χ3v) is 1.26. The minimum Gasteiger partial charge on any atom is -0.378 e. The van der Waals surface area contributed by atoms with E-state index in [-0.39, 0.29) is 5.17 Å². The van der Waals surface area contributed by atoms with E-state index in [1.165, 1.54) is 24.3 Å². The van der Waals surface area contributed by atoms with E-state index in [1.807, 2.05) is 19.3 Å². The van der Waals surface area contributed by atoms with Crippen LogP contribution in [-0.2, 0) is 4.79 Å². The zero-order valence-corrected chi connectivity index (χ0v) is 7.87. The van der Waals surface area contributed by atoms with Gasteiger partial charge >= 0.3 is 0 Å². The third kappa shape index (κ3) is 27.0. The maximum Gasteiger partial charge on any atom is 0.155 e. The van der Waals surface area contributed by atoms with Gasteiger partial charge in [-0.1, -0.05) is 17.3 Å². The Morgan fingerprint density at radius 2 is 1.91 bits per heavy atom. The first-order chi connectivity index (χ1) is 5.04. The summed E-state index contributed by atoms with van der Waals surface area (Å²) in [5.41, 5.74) is 6.21. The number of carbonyl (C=O) groups excluding carboxylic acids is 1. The molecule has 0 amide bonds. The second-order valence-corrected chi connectivity index (χ2v) is 2.82. The molecule has 3 N–H and O–H groups in total. The summed E-state index contributed by atoms with van der Waals surface area (Å²) in [6.07, 6.45) is 0.750. The van der Waals surface area contributed by atoms with Crippen LogP contribution in [0.1, 0.15) is 20.8 Å². The molecule has 0 spiro atoms. The molecule has 64 valence electrons. The van der Waals surface area contributed by atoms with E-state index < -0.39 is 0 Å². The van der Waals surface area contributed by atoms with Crippen LogP contribution in [0.2, 0.25) is 0 Å². The van der Waals surface area contributed by atoms with Crippen LogP contribution in [0.3, 0.4) is 0 Å². The van der Waals surface area contributed by atoms with Crippen LogP contribution < -0.4 is 5.73 Å². The van der Waals surface area contributed by atoms with Crippen LogP contribution >= 0.6 is 11.8 Å². The van der Waals surface area contributed by atoms with Gasteiger partial charge in [0.05, 0.1) is 0 Å². The van der Waals surface area contributed by atoms with E-state index in [0.717, 1.165) is 6.29 Å². The van der Waals surface area contributed by atoms with Gasteiger partial charge in [-0.3, -0.25) is 5.41 Å². The first kappa shape index (κ1) is 12.9. The van der Waals surface area contributed by atoms with Crippen molar-refractivity contribution in [1.82, 2.24) is 0 Å². The second kappa shape index (κ2) is 9.23. The van der Waals surface area contributed by atoms with Gasteiger partial charge in [0.15, 0.2) is 5.17 Å². The van der Waals surface area contributed by atoms with E-state index >= 15 is 0 Å². The van der Waals surface area contributed by atoms with Crippen molar-refractivity contribution in [2.75, 3.05) is 0 Å². The SMILES string of the molecule is CC(C)=CSC(=N)N.CC=O. The van der Waals surface area contributed by atoms with Crippen LogP contribution in [0, 0.1) is 5.41 Å². The first-order valence-electron chi connectivity index (χ1n) is 3.08. The summed E-state index contributed by atoms with van der Waals surface area (Å²) in [4.78, 5) is 8.81. The van der Waals surface area contributed by atoms with Crippen molar-refractivity contribution in [3.63, 3.8) is 0 Å². The zero-order valence-electron chi connectivity index (χ0n) is 7.05. The van der Waals surface area contributed by atoms with Crippen molar-refractivity contribution in [2.45, 2.75) is 20.8 Å². The van der Waals surface area contributed by atoms with Gasteiger partial charge in [-0.2, -0.15) is 0 Å². The number of hydrogen-bond donors (Lipinski definition) is 2. The number of aldehydes is 1. The molecule has 0 saturated heterocycles. The lowest BCUT2D eigenvalue weighted by atomic mass is 10.4. The third-order valence-electron chi connectivity index (χ3n) is 0.422. The molecule has 0 saturated carbocycles. The quantitative estimate of drug-likeness (QED) is 0.361. The van der Waals surface area contributed by atoms with E-state index in [1.54, 1.807) is 0 Å². The molecule has 4 heteroatoms. The summed E-state index contributed by atoms with van der Waals surface area (Å²) in [5, 5.41) is 8.78. The molecule has 0 fully saturated rings. The average Bonchev–Trinajstić information content (AvgIpc) is 1.85. The minimum absolute atomic E-state index is 0.145. The predicted octanol–water partition coefficient (Wildman–Crippen LogP) is 1.74. The van der Waals surface area contributed by atoms with Crippen molar-refractivity contribution in [3.05, 3.63) is 11.0 Å². The summed E-state index contributed by atoms with van der Waals surface area (Å²) in [7, 11) is 0. The topological polar surface area (TPSA) is 66.9 Å². The monoisotopic (exact) mass is 174 g/mol. The van der Waals surface area contributed by atoms with E-state index in [4.69, 9.17) is 15.9 Å². The van der Waals surface area contributed by atoms with Gasteiger partial charge in [-0.25, -0.2) is 0 Å². The van der Waals surface area contributed by atoms with Crippen molar-refractivity contribution in [3.8, 4) is 0 Å². The van der Waals surface area contributed by atoms with Gasteiger partial charge in [0, 0.05) is 0 Å². The van der Waals surface area contributed by atoms with Crippen LogP contribution in [0.5, 0.6) is 0 Å². The largest absolute Gasteiger partial charge is 0.378 e. The number of amidine groups is 1. The van der Waals surface area contributed by atoms with E-state index in [2.05, 4.69) is 0 Å². The Balaban J connectivity index is 0. The Labute approximate surface area is 71.6 Å². The molecular formula is C7H14N2OS. The summed E-state index contributed by atoms with van der Waals surface area (Å²) in [6.45, 7) is 5.38. The summed E-state index contributed by atoms with van der Waals surface area (Å²) < 4.78 is 0. The van der Waals surface area contributed by atoms with Crippen LogP contribution in [0.15, 0.2) is 11.0 Å². The molecule has 0 aliphatic carbocycles. The fraction of sp³-hybridized carbons (Fsp3) is 0.429. The van der Waals surface area contributed by atoms with Crippen LogP contribution in [0.4, 0.5) is 0 Å². The molecule has 0 aromatic rings. The van der Waals surface area contributed by atoms with Crippen molar-refractivity contribution < 1.29 is 4.79 Å². The standard InChI is InChI=1S/C5H10N2S.C2H4O/c1-4(2)3-8-5(6)7;1-2-3/h3H,1-2H3,(H3,6,7);2H,1H3. The number of allylic oxidation sites excluding steroid dienone is 1. The molecule has 0 atom stereocenters. The highest BCUT2D eigenvalue weighted by Crippen LogP contribution is 2.03. The number of nitrogens with one attached hydrogen (secondary N) is 1. The van der Waals surface area contributed by atoms with Crippen molar-refractivity contribution >= 4 is 23.2 Å². The van der Waals surface area contributed by atoms with Gasteiger partial charge < -0.3 is 10.5 Å². The summed E-state index contributed by atoms with van der Waals surface area (Å²) in [5.74, 6) is 0. The fourth-order valence-electron chi connectivity index (χ4n) is 0.181. The maximum atomic E-state index is 8.81. The van der Waals surface area contributed by atoms with Gasteiger partial charge in [-0.05, 0) is 26.2 Å². The lowest BCUT2D eigenvalue weighted by Gasteiger charge is -1.88. The smallest absolute Gasteiger partial charge is 0.155 e. The fourth-order valence-corrected chi connectivity index (χ4v) is 0.544. The highest BCUT2D eigenvalue weighted by Gasteiger charge is 1.81. The Morgan fingerprint density at radius 1 is 1.55 bits per heavy atom. The Bertz CT molecular complexity index is 151. The van der Waals surface area contributed by atoms with Gasteiger partial charge in [0.1, 0.15) is 6.29 Å². The number of carbonyl (C=O) groups is 1. The Hall–Kier alpha value is -0.770. The van der Waals surface area contributed by atoms with Gasteiger partial charge in [0.25, 0.3) is 0 Å². The Kier molecular flexibility index (Phi) is 10.8. The Morgan fingerprint density at radius 3 is 2.00 bits per heavy atom. The van der Waals surface area contributed by atoms with Crippen LogP contribution in [0.25, 0.3) is 0 Å². The number of nitrogens with two attached hydrogens (primary N) is 1. The molecule has 0 aromatic carbocycles. The highest BCUT2D eigenvalue weighted by atomic mass is 32.2. The molecule has 0 aliphatic heterocycles. The van der Waals surface area contributed by atoms with Crippen LogP contribution in [-0.4, -0.2) is 11.5 Å².